The Labute approximate surface area is 193 Å². The van der Waals surface area contributed by atoms with E-state index in [1.807, 2.05) is 0 Å². The summed E-state index contributed by atoms with van der Waals surface area (Å²) in [6.45, 7) is 12.2. The number of alkyl halides is 3. The zero-order chi connectivity index (χ0) is 25.3. The molecule has 13 heteroatoms. The second kappa shape index (κ2) is 9.12. The number of sulfonamides is 1. The van der Waals surface area contributed by atoms with Crippen LogP contribution in [0.3, 0.4) is 0 Å². The Bertz CT molecular complexity index is 1290. The number of nitrogens with zero attached hydrogens (tertiary/aromatic N) is 3. The predicted octanol–water partition coefficient (Wildman–Crippen LogP) is 2.99. The van der Waals surface area contributed by atoms with Crippen molar-refractivity contribution in [1.29, 1.82) is 0 Å². The molecule has 1 aliphatic heterocycles. The zero-order valence-corrected chi connectivity index (χ0v) is 18.4. The molecule has 0 bridgehead atoms. The first kappa shape index (κ1) is 25.3. The third kappa shape index (κ3) is 4.64. The lowest BCUT2D eigenvalue weighted by molar-refractivity contribution is -0.137. The number of hydrogen-bond donors (Lipinski definition) is 2. The van der Waals surface area contributed by atoms with Gasteiger partial charge in [0, 0.05) is 12.1 Å². The highest BCUT2D eigenvalue weighted by atomic mass is 32.2. The Morgan fingerprint density at radius 2 is 1.88 bits per heavy atom. The van der Waals surface area contributed by atoms with E-state index in [0.29, 0.717) is 18.2 Å². The molecule has 2 aromatic rings. The first-order valence-corrected chi connectivity index (χ1v) is 11.0. The van der Waals surface area contributed by atoms with Gasteiger partial charge in [-0.15, -0.1) is 0 Å². The molecule has 9 nitrogen and oxygen atoms in total. The maximum Gasteiger partial charge on any atom is 0.415 e. The van der Waals surface area contributed by atoms with E-state index in [9.17, 15) is 31.8 Å². The molecule has 0 unspecified atom stereocenters. The lowest BCUT2D eigenvalue weighted by atomic mass is 10.0. The third-order valence-electron chi connectivity index (χ3n) is 5.26. The third-order valence-corrected chi connectivity index (χ3v) is 7.12. The summed E-state index contributed by atoms with van der Waals surface area (Å²) in [5.41, 5.74) is -3.74. The second-order valence-corrected chi connectivity index (χ2v) is 9.31. The summed E-state index contributed by atoms with van der Waals surface area (Å²) in [6.07, 6.45) is -6.07. The molecule has 1 aliphatic rings. The van der Waals surface area contributed by atoms with E-state index < -0.39 is 63.7 Å². The van der Waals surface area contributed by atoms with Gasteiger partial charge >= 0.3 is 6.18 Å². The molecule has 2 N–H and O–H groups in total. The van der Waals surface area contributed by atoms with Crippen molar-refractivity contribution in [2.75, 3.05) is 26.8 Å². The second-order valence-electron chi connectivity index (χ2n) is 7.40. The van der Waals surface area contributed by atoms with Crippen LogP contribution in [0, 0.1) is 13.1 Å². The van der Waals surface area contributed by atoms with Crippen LogP contribution >= 0.6 is 0 Å². The van der Waals surface area contributed by atoms with Gasteiger partial charge in [-0.1, -0.05) is 18.2 Å². The number of rotatable bonds is 6. The molecule has 34 heavy (non-hydrogen) atoms. The van der Waals surface area contributed by atoms with E-state index in [1.165, 1.54) is 25.3 Å². The number of β-amino-alcohol motifs (C(OH)–C–C–N with tert-alkyl or cyclic N) is 1. The van der Waals surface area contributed by atoms with Crippen LogP contribution in [0.1, 0.15) is 5.56 Å². The van der Waals surface area contributed by atoms with Gasteiger partial charge in [0.15, 0.2) is 11.4 Å². The van der Waals surface area contributed by atoms with Gasteiger partial charge in [-0.05, 0) is 18.2 Å². The van der Waals surface area contributed by atoms with Gasteiger partial charge in [0.2, 0.25) is 15.7 Å². The molecule has 0 spiro atoms. The van der Waals surface area contributed by atoms with Crippen LogP contribution in [0.15, 0.2) is 41.3 Å². The van der Waals surface area contributed by atoms with Gasteiger partial charge in [0.25, 0.3) is 0 Å². The molecule has 2 aromatic carbocycles. The predicted molar refractivity (Wildman–Crippen MR) is 112 cm³/mol. The monoisotopic (exact) mass is 497 g/mol. The molecular formula is C21H18F3N3O6S. The van der Waals surface area contributed by atoms with Crippen molar-refractivity contribution in [3.63, 3.8) is 0 Å². The first-order chi connectivity index (χ1) is 15.9. The van der Waals surface area contributed by atoms with Crippen LogP contribution in [0.5, 0.6) is 11.5 Å². The number of ether oxygens (including phenoxy) is 2. The lowest BCUT2D eigenvalue weighted by Gasteiger charge is -2.27. The number of methoxy groups -OCH3 is 1. The number of halogens is 3. The molecular weight excluding hydrogens is 479 g/mol. The van der Waals surface area contributed by atoms with Crippen molar-refractivity contribution in [1.82, 2.24) is 4.31 Å². The van der Waals surface area contributed by atoms with E-state index in [-0.39, 0.29) is 17.2 Å². The number of benzene rings is 2. The van der Waals surface area contributed by atoms with E-state index in [0.717, 1.165) is 4.31 Å². The Balaban J connectivity index is 1.96. The SMILES string of the molecule is [C-]#[N+]c1ccc(O[C@H]2CN(S(=O)(=O)c3ccc(C(F)(F)F)cc3[N+]#[C-])C[C@@]2(O)CO)c(OC)c1. The highest BCUT2D eigenvalue weighted by Crippen LogP contribution is 2.39. The zero-order valence-electron chi connectivity index (χ0n) is 17.6. The van der Waals surface area contributed by atoms with Crippen molar-refractivity contribution >= 4 is 21.4 Å². The van der Waals surface area contributed by atoms with Crippen LogP contribution in [-0.4, -0.2) is 61.4 Å². The van der Waals surface area contributed by atoms with Crippen LogP contribution in [0.4, 0.5) is 24.5 Å². The summed E-state index contributed by atoms with van der Waals surface area (Å²) in [6, 6.07) is 5.84. The molecule has 0 saturated carbocycles. The fourth-order valence-electron chi connectivity index (χ4n) is 3.42. The van der Waals surface area contributed by atoms with Crippen molar-refractivity contribution in [2.45, 2.75) is 22.8 Å². The van der Waals surface area contributed by atoms with Gasteiger partial charge in [-0.2, -0.15) is 17.5 Å². The Morgan fingerprint density at radius 3 is 2.44 bits per heavy atom. The Morgan fingerprint density at radius 1 is 1.18 bits per heavy atom. The van der Waals surface area contributed by atoms with E-state index in [4.69, 9.17) is 22.6 Å². The number of aliphatic hydroxyl groups excluding tert-OH is 1. The van der Waals surface area contributed by atoms with Crippen LogP contribution in [-0.2, 0) is 16.2 Å². The molecule has 0 amide bonds. The summed E-state index contributed by atoms with van der Waals surface area (Å²) in [7, 11) is -3.23. The minimum absolute atomic E-state index is 0.0717. The van der Waals surface area contributed by atoms with Crippen molar-refractivity contribution < 1.29 is 41.3 Å². The highest BCUT2D eigenvalue weighted by Gasteiger charge is 2.51. The van der Waals surface area contributed by atoms with E-state index in [1.54, 1.807) is 0 Å². The van der Waals surface area contributed by atoms with Gasteiger partial charge < -0.3 is 19.7 Å². The van der Waals surface area contributed by atoms with Crippen LogP contribution < -0.4 is 9.47 Å². The van der Waals surface area contributed by atoms with Gasteiger partial charge in [-0.3, -0.25) is 0 Å². The fourth-order valence-corrected chi connectivity index (χ4v) is 5.04. The largest absolute Gasteiger partial charge is 0.494 e. The van der Waals surface area contributed by atoms with E-state index in [2.05, 4.69) is 9.69 Å². The molecule has 1 heterocycles. The summed E-state index contributed by atoms with van der Waals surface area (Å²) >= 11 is 0. The summed E-state index contributed by atoms with van der Waals surface area (Å²) in [5, 5.41) is 20.6. The molecule has 0 aromatic heterocycles. The van der Waals surface area contributed by atoms with Crippen molar-refractivity contribution in [3.05, 3.63) is 64.8 Å². The molecule has 0 aliphatic carbocycles. The Kier molecular flexibility index (Phi) is 6.78. The topological polar surface area (TPSA) is 105 Å². The maximum atomic E-state index is 13.2. The minimum atomic E-state index is -4.77. The standard InChI is InChI=1S/C21H18F3N3O6S/c1-25-14-5-6-16(17(9-14)32-3)33-19-10-27(11-20(19,29)12-28)34(30,31)18-7-4-13(21(22,23)24)8-15(18)26-2/h4-9,19,28-29H,10-12H2,3H3/t19-,20+/m0/s1. The summed E-state index contributed by atoms with van der Waals surface area (Å²) < 4.78 is 76.9. The van der Waals surface area contributed by atoms with Crippen molar-refractivity contribution in [2.24, 2.45) is 0 Å². The molecule has 2 atom stereocenters. The normalized spacial score (nSPS) is 21.0. The molecule has 1 saturated heterocycles. The Hall–Kier alpha value is -3.36. The van der Waals surface area contributed by atoms with Gasteiger partial charge in [0.05, 0.1) is 38.3 Å². The van der Waals surface area contributed by atoms with Crippen molar-refractivity contribution in [3.8, 4) is 11.5 Å². The maximum absolute atomic E-state index is 13.2. The average molecular weight is 497 g/mol. The summed E-state index contributed by atoms with van der Waals surface area (Å²) in [4.78, 5) is 5.51. The smallest absolute Gasteiger partial charge is 0.415 e. The lowest BCUT2D eigenvalue weighted by Crippen LogP contribution is -2.48. The fraction of sp³-hybridized carbons (Fsp3) is 0.333. The minimum Gasteiger partial charge on any atom is -0.494 e. The molecule has 1 fully saturated rings. The van der Waals surface area contributed by atoms with Crippen LogP contribution in [0.2, 0.25) is 0 Å². The highest BCUT2D eigenvalue weighted by molar-refractivity contribution is 7.89. The molecule has 0 radical (unpaired) electrons. The molecule has 180 valence electrons. The van der Waals surface area contributed by atoms with Crippen LogP contribution in [0.25, 0.3) is 9.69 Å². The van der Waals surface area contributed by atoms with Gasteiger partial charge in [0.1, 0.15) is 17.5 Å². The summed E-state index contributed by atoms with van der Waals surface area (Å²) in [5.74, 6) is 0.204. The quantitative estimate of drug-likeness (QED) is 0.595. The molecule has 3 rings (SSSR count). The van der Waals surface area contributed by atoms with E-state index >= 15 is 0 Å². The number of hydrogen-bond acceptors (Lipinski definition) is 6. The number of aliphatic hydroxyl groups is 2. The average Bonchev–Trinajstić information content (AvgIpc) is 3.15. The van der Waals surface area contributed by atoms with Gasteiger partial charge in [-0.25, -0.2) is 18.1 Å². The first-order valence-electron chi connectivity index (χ1n) is 9.54.